The molecule has 5 heteroatoms. The minimum Gasteiger partial charge on any atom is -0.378 e. The summed E-state index contributed by atoms with van der Waals surface area (Å²) < 4.78 is 0. The number of carbonyl (C=O) groups excluding carboxylic acids is 2. The van der Waals surface area contributed by atoms with Crippen molar-refractivity contribution in [2.75, 3.05) is 10.6 Å². The maximum absolute atomic E-state index is 12.2. The van der Waals surface area contributed by atoms with Crippen molar-refractivity contribution < 1.29 is 14.7 Å². The quantitative estimate of drug-likeness (QED) is 0.794. The van der Waals surface area contributed by atoms with Crippen LogP contribution in [0.2, 0.25) is 0 Å². The monoisotopic (exact) mass is 312 g/mol. The fourth-order valence-electron chi connectivity index (χ4n) is 2.07. The van der Waals surface area contributed by atoms with E-state index < -0.39 is 12.0 Å². The third-order valence-corrected chi connectivity index (χ3v) is 3.46. The molecule has 0 radical (unpaired) electrons. The van der Waals surface area contributed by atoms with Crippen LogP contribution in [0.5, 0.6) is 0 Å². The van der Waals surface area contributed by atoms with Gasteiger partial charge >= 0.3 is 0 Å². The topological polar surface area (TPSA) is 78.4 Å². The van der Waals surface area contributed by atoms with E-state index in [0.29, 0.717) is 23.4 Å². The first kappa shape index (κ1) is 16.7. The van der Waals surface area contributed by atoms with Gasteiger partial charge in [-0.2, -0.15) is 0 Å². The van der Waals surface area contributed by atoms with Crippen molar-refractivity contribution in [3.05, 3.63) is 59.7 Å². The third-order valence-electron chi connectivity index (χ3n) is 3.46. The fraction of sp³-hybridized carbons (Fsp3) is 0.222. The first-order valence-electron chi connectivity index (χ1n) is 7.45. The van der Waals surface area contributed by atoms with Crippen molar-refractivity contribution in [3.8, 4) is 0 Å². The Balaban J connectivity index is 2.14. The molecule has 120 valence electrons. The van der Waals surface area contributed by atoms with E-state index in [2.05, 4.69) is 10.6 Å². The van der Waals surface area contributed by atoms with Crippen LogP contribution in [0, 0.1) is 6.92 Å². The molecule has 0 aliphatic carbocycles. The molecule has 1 atom stereocenters. The Bertz CT molecular complexity index is 699. The molecule has 0 saturated heterocycles. The molecule has 3 N–H and O–H groups in total. The Morgan fingerprint density at radius 3 is 2.43 bits per heavy atom. The van der Waals surface area contributed by atoms with Crippen molar-refractivity contribution in [3.63, 3.8) is 0 Å². The summed E-state index contributed by atoms with van der Waals surface area (Å²) in [6.45, 7) is 3.61. The van der Waals surface area contributed by atoms with Gasteiger partial charge in [0.1, 0.15) is 0 Å². The van der Waals surface area contributed by atoms with Crippen LogP contribution in [-0.2, 0) is 9.59 Å². The molecule has 2 aromatic carbocycles. The van der Waals surface area contributed by atoms with E-state index in [1.54, 1.807) is 49.4 Å². The van der Waals surface area contributed by atoms with E-state index in [1.807, 2.05) is 13.0 Å². The Hall–Kier alpha value is -2.66. The van der Waals surface area contributed by atoms with Crippen molar-refractivity contribution in [1.82, 2.24) is 0 Å². The summed E-state index contributed by atoms with van der Waals surface area (Å²) in [7, 11) is 0. The second-order valence-corrected chi connectivity index (χ2v) is 5.23. The van der Waals surface area contributed by atoms with E-state index >= 15 is 0 Å². The van der Waals surface area contributed by atoms with Gasteiger partial charge in [-0.25, -0.2) is 0 Å². The zero-order chi connectivity index (χ0) is 16.8. The molecule has 0 saturated carbocycles. The molecular formula is C18H20N2O3. The smallest absolute Gasteiger partial charge is 0.257 e. The van der Waals surface area contributed by atoms with Crippen molar-refractivity contribution in [2.24, 2.45) is 0 Å². The first-order valence-corrected chi connectivity index (χ1v) is 7.45. The summed E-state index contributed by atoms with van der Waals surface area (Å²) in [6.07, 6.45) is -0.869. The molecule has 0 heterocycles. The maximum atomic E-state index is 12.2. The largest absolute Gasteiger partial charge is 0.378 e. The summed E-state index contributed by atoms with van der Waals surface area (Å²) in [5.74, 6) is -0.617. The predicted molar refractivity (Wildman–Crippen MR) is 90.1 cm³/mol. The number of nitrogens with one attached hydrogen (secondary N) is 2. The molecule has 0 aliphatic rings. The van der Waals surface area contributed by atoms with E-state index in [4.69, 9.17) is 0 Å². The number of aryl methyl sites for hydroxylation is 1. The molecule has 0 spiro atoms. The molecule has 5 nitrogen and oxygen atoms in total. The zero-order valence-electron chi connectivity index (χ0n) is 13.2. The number of hydrogen-bond acceptors (Lipinski definition) is 3. The second kappa shape index (κ2) is 7.56. The average Bonchev–Trinajstić information content (AvgIpc) is 2.57. The Morgan fingerprint density at radius 2 is 1.78 bits per heavy atom. The fourth-order valence-corrected chi connectivity index (χ4v) is 2.07. The highest BCUT2D eigenvalue weighted by Crippen LogP contribution is 2.22. The highest BCUT2D eigenvalue weighted by Gasteiger charge is 2.18. The van der Waals surface area contributed by atoms with Crippen molar-refractivity contribution in [1.29, 1.82) is 0 Å². The van der Waals surface area contributed by atoms with Gasteiger partial charge in [0, 0.05) is 17.8 Å². The lowest BCUT2D eigenvalue weighted by Crippen LogP contribution is -2.21. The first-order chi connectivity index (χ1) is 11.0. The number of rotatable bonds is 5. The van der Waals surface area contributed by atoms with Gasteiger partial charge in [0.2, 0.25) is 5.91 Å². The molecule has 1 unspecified atom stereocenters. The van der Waals surface area contributed by atoms with Crippen molar-refractivity contribution in [2.45, 2.75) is 26.4 Å². The van der Waals surface area contributed by atoms with E-state index in [9.17, 15) is 14.7 Å². The second-order valence-electron chi connectivity index (χ2n) is 5.23. The minimum absolute atomic E-state index is 0.101. The van der Waals surface area contributed by atoms with Gasteiger partial charge in [0.15, 0.2) is 6.10 Å². The van der Waals surface area contributed by atoms with E-state index in [-0.39, 0.29) is 5.91 Å². The number of aliphatic hydroxyl groups is 1. The van der Waals surface area contributed by atoms with Gasteiger partial charge in [0.25, 0.3) is 5.91 Å². The summed E-state index contributed by atoms with van der Waals surface area (Å²) >= 11 is 0. The number of benzene rings is 2. The number of amides is 2. The lowest BCUT2D eigenvalue weighted by atomic mass is 10.1. The standard InChI is InChI=1S/C18H20N2O3/c1-3-16(21)19-14-10-9-12(2)15(11-14)20-18(23)17(22)13-7-5-4-6-8-13/h4-11,17,22H,3H2,1-2H3,(H,19,21)(H,20,23). The van der Waals surface area contributed by atoms with Crippen LogP contribution < -0.4 is 10.6 Å². The number of hydrogen-bond donors (Lipinski definition) is 3. The molecule has 23 heavy (non-hydrogen) atoms. The van der Waals surface area contributed by atoms with Crippen LogP contribution in [0.4, 0.5) is 11.4 Å². The van der Waals surface area contributed by atoms with E-state index in [1.165, 1.54) is 0 Å². The number of aliphatic hydroxyl groups excluding tert-OH is 1. The summed E-state index contributed by atoms with van der Waals surface area (Å²) in [5, 5.41) is 15.6. The highest BCUT2D eigenvalue weighted by atomic mass is 16.3. The van der Waals surface area contributed by atoms with Gasteiger partial charge < -0.3 is 15.7 Å². The van der Waals surface area contributed by atoms with Gasteiger partial charge in [0.05, 0.1) is 0 Å². The predicted octanol–water partition coefficient (Wildman–Crippen LogP) is 3.02. The molecule has 0 bridgehead atoms. The van der Waals surface area contributed by atoms with Crippen LogP contribution in [0.3, 0.4) is 0 Å². The molecular weight excluding hydrogens is 292 g/mol. The van der Waals surface area contributed by atoms with Crippen LogP contribution in [0.1, 0.15) is 30.6 Å². The zero-order valence-corrected chi connectivity index (χ0v) is 13.2. The lowest BCUT2D eigenvalue weighted by molar-refractivity contribution is -0.124. The lowest BCUT2D eigenvalue weighted by Gasteiger charge is -2.14. The Kier molecular flexibility index (Phi) is 5.49. The Labute approximate surface area is 135 Å². The Morgan fingerprint density at radius 1 is 1.09 bits per heavy atom. The van der Waals surface area contributed by atoms with Crippen LogP contribution in [0.25, 0.3) is 0 Å². The average molecular weight is 312 g/mol. The molecule has 0 aromatic heterocycles. The number of carbonyl (C=O) groups is 2. The highest BCUT2D eigenvalue weighted by molar-refractivity contribution is 5.97. The van der Waals surface area contributed by atoms with Gasteiger partial charge in [-0.15, -0.1) is 0 Å². The SMILES string of the molecule is CCC(=O)Nc1ccc(C)c(NC(=O)C(O)c2ccccc2)c1. The van der Waals surface area contributed by atoms with Gasteiger partial charge in [-0.05, 0) is 30.2 Å². The van der Waals surface area contributed by atoms with E-state index in [0.717, 1.165) is 5.56 Å². The molecule has 0 aliphatic heterocycles. The summed E-state index contributed by atoms with van der Waals surface area (Å²) in [6, 6.07) is 14.0. The van der Waals surface area contributed by atoms with Crippen molar-refractivity contribution >= 4 is 23.2 Å². The molecule has 2 aromatic rings. The maximum Gasteiger partial charge on any atom is 0.257 e. The van der Waals surface area contributed by atoms with Gasteiger partial charge in [-0.3, -0.25) is 9.59 Å². The van der Waals surface area contributed by atoms with Gasteiger partial charge in [-0.1, -0.05) is 43.3 Å². The third kappa shape index (κ3) is 4.40. The minimum atomic E-state index is -1.25. The molecule has 2 amide bonds. The van der Waals surface area contributed by atoms with Crippen LogP contribution >= 0.6 is 0 Å². The summed E-state index contributed by atoms with van der Waals surface area (Å²) in [4.78, 5) is 23.7. The van der Waals surface area contributed by atoms with Crippen LogP contribution in [-0.4, -0.2) is 16.9 Å². The molecule has 0 fully saturated rings. The van der Waals surface area contributed by atoms with Crippen LogP contribution in [0.15, 0.2) is 48.5 Å². The summed E-state index contributed by atoms with van der Waals surface area (Å²) in [5.41, 5.74) is 2.53. The number of anilines is 2. The molecule has 2 rings (SSSR count). The normalized spacial score (nSPS) is 11.6.